The highest BCUT2D eigenvalue weighted by Crippen LogP contribution is 2.08. The molecule has 0 saturated heterocycles. The second-order valence-corrected chi connectivity index (χ2v) is 5.54. The predicted molar refractivity (Wildman–Crippen MR) is 85.5 cm³/mol. The maximum atomic E-state index is 11.4. The van der Waals surface area contributed by atoms with Crippen molar-refractivity contribution in [3.63, 3.8) is 0 Å². The second-order valence-electron chi connectivity index (χ2n) is 5.54. The van der Waals surface area contributed by atoms with Crippen LogP contribution in [-0.4, -0.2) is 18.5 Å². The third kappa shape index (κ3) is 15.3. The van der Waals surface area contributed by atoms with Gasteiger partial charge in [-0.15, -0.1) is 0 Å². The average molecular weight is 316 g/mol. The van der Waals surface area contributed by atoms with Gasteiger partial charge in [-0.05, 0) is 19.3 Å². The first kappa shape index (κ1) is 20.9. The fourth-order valence-corrected chi connectivity index (χ4v) is 2.11. The number of rotatable bonds is 15. The molecule has 0 amide bonds. The molecule has 0 fully saturated rings. The molecule has 130 valence electrons. The molecule has 0 aliphatic heterocycles. The lowest BCUT2D eigenvalue weighted by molar-refractivity contribution is -0.151. The molecule has 6 heteroatoms. The van der Waals surface area contributed by atoms with Crippen LogP contribution < -0.4 is 11.4 Å². The van der Waals surface area contributed by atoms with Crippen molar-refractivity contribution < 1.29 is 19.3 Å². The van der Waals surface area contributed by atoms with Crippen LogP contribution in [0.3, 0.4) is 0 Å². The second kappa shape index (κ2) is 16.2. The van der Waals surface area contributed by atoms with Crippen molar-refractivity contribution in [3.05, 3.63) is 0 Å². The van der Waals surface area contributed by atoms with Gasteiger partial charge in [0, 0.05) is 19.4 Å². The van der Waals surface area contributed by atoms with E-state index in [0.717, 1.165) is 12.8 Å². The van der Waals surface area contributed by atoms with Crippen molar-refractivity contribution in [3.8, 4) is 0 Å². The molecule has 0 aliphatic rings. The molecule has 0 spiro atoms. The molecule has 22 heavy (non-hydrogen) atoms. The van der Waals surface area contributed by atoms with E-state index in [4.69, 9.17) is 10.7 Å². The average Bonchev–Trinajstić information content (AvgIpc) is 2.53. The summed E-state index contributed by atoms with van der Waals surface area (Å²) >= 11 is 0. The highest BCUT2D eigenvalue weighted by Gasteiger charge is 2.05. The molecule has 0 aromatic carbocycles. The van der Waals surface area contributed by atoms with E-state index in [9.17, 15) is 9.59 Å². The Morgan fingerprint density at radius 3 is 1.95 bits per heavy atom. The molecule has 6 nitrogen and oxygen atoms in total. The van der Waals surface area contributed by atoms with Crippen molar-refractivity contribution >= 4 is 11.9 Å². The van der Waals surface area contributed by atoms with Crippen LogP contribution in [0.25, 0.3) is 0 Å². The van der Waals surface area contributed by atoms with E-state index in [1.807, 2.05) is 0 Å². The maximum absolute atomic E-state index is 11.4. The largest absolute Gasteiger partial charge is 0.373 e. The molecular formula is C16H32N2O4. The molecule has 0 saturated carbocycles. The molecule has 0 aromatic rings. The van der Waals surface area contributed by atoms with Crippen LogP contribution in [-0.2, 0) is 19.3 Å². The number of carbonyl (C=O) groups is 2. The topological polar surface area (TPSA) is 90.6 Å². The van der Waals surface area contributed by atoms with Crippen LogP contribution in [0.4, 0.5) is 0 Å². The molecule has 0 heterocycles. The minimum Gasteiger partial charge on any atom is -0.373 e. The maximum Gasteiger partial charge on any atom is 0.324 e. The first-order valence-corrected chi connectivity index (χ1v) is 8.52. The number of hydrogen-bond acceptors (Lipinski definition) is 6. The SMILES string of the molecule is CCCCCCCCCCNOC(=O)CCCCC(=O)ON. The predicted octanol–water partition coefficient (Wildman–Crippen LogP) is 3.15. The molecule has 0 aromatic heterocycles. The van der Waals surface area contributed by atoms with Gasteiger partial charge in [0.25, 0.3) is 0 Å². The Morgan fingerprint density at radius 1 is 0.818 bits per heavy atom. The Labute approximate surface area is 134 Å². The Hall–Kier alpha value is -1.14. The zero-order valence-electron chi connectivity index (χ0n) is 13.9. The number of carbonyl (C=O) groups excluding carboxylic acids is 2. The van der Waals surface area contributed by atoms with Gasteiger partial charge >= 0.3 is 11.9 Å². The van der Waals surface area contributed by atoms with Gasteiger partial charge in [0.2, 0.25) is 0 Å². The van der Waals surface area contributed by atoms with Crippen molar-refractivity contribution in [2.75, 3.05) is 6.54 Å². The molecule has 0 bridgehead atoms. The van der Waals surface area contributed by atoms with Crippen molar-refractivity contribution in [2.24, 2.45) is 5.90 Å². The fourth-order valence-electron chi connectivity index (χ4n) is 2.11. The van der Waals surface area contributed by atoms with Crippen LogP contribution in [0.5, 0.6) is 0 Å². The minimum atomic E-state index is -0.457. The van der Waals surface area contributed by atoms with Gasteiger partial charge in [0.1, 0.15) is 0 Å². The van der Waals surface area contributed by atoms with Crippen LogP contribution in [0.2, 0.25) is 0 Å². The van der Waals surface area contributed by atoms with Crippen LogP contribution in [0, 0.1) is 0 Å². The minimum absolute atomic E-state index is 0.232. The van der Waals surface area contributed by atoms with Crippen molar-refractivity contribution in [2.45, 2.75) is 84.0 Å². The van der Waals surface area contributed by atoms with E-state index < -0.39 is 5.97 Å². The molecule has 0 unspecified atom stereocenters. The third-order valence-electron chi connectivity index (χ3n) is 3.46. The Bertz CT molecular complexity index is 285. The highest BCUT2D eigenvalue weighted by atomic mass is 16.7. The molecule has 0 aliphatic carbocycles. The summed E-state index contributed by atoms with van der Waals surface area (Å²) in [6.07, 6.45) is 11.7. The first-order chi connectivity index (χ1) is 10.7. The van der Waals surface area contributed by atoms with E-state index in [2.05, 4.69) is 17.2 Å². The van der Waals surface area contributed by atoms with Gasteiger partial charge in [0.15, 0.2) is 0 Å². The summed E-state index contributed by atoms with van der Waals surface area (Å²) in [4.78, 5) is 31.1. The number of hydroxylamine groups is 1. The van der Waals surface area contributed by atoms with Crippen LogP contribution >= 0.6 is 0 Å². The van der Waals surface area contributed by atoms with E-state index >= 15 is 0 Å². The van der Waals surface area contributed by atoms with E-state index in [-0.39, 0.29) is 12.4 Å². The molecule has 3 N–H and O–H groups in total. The summed E-state index contributed by atoms with van der Waals surface area (Å²) in [6.45, 7) is 2.92. The Balaban J connectivity index is 3.20. The zero-order chi connectivity index (χ0) is 16.5. The summed E-state index contributed by atoms with van der Waals surface area (Å²) < 4.78 is 0. The van der Waals surface area contributed by atoms with Gasteiger partial charge in [0.05, 0.1) is 0 Å². The monoisotopic (exact) mass is 316 g/mol. The lowest BCUT2D eigenvalue weighted by Gasteiger charge is -2.06. The Morgan fingerprint density at radius 2 is 1.36 bits per heavy atom. The normalized spacial score (nSPS) is 10.5. The number of hydrogen-bond donors (Lipinski definition) is 2. The highest BCUT2D eigenvalue weighted by molar-refractivity contribution is 5.70. The van der Waals surface area contributed by atoms with Crippen LogP contribution in [0.1, 0.15) is 84.0 Å². The summed E-state index contributed by atoms with van der Waals surface area (Å²) in [5.74, 6) is 3.96. The van der Waals surface area contributed by atoms with Crippen molar-refractivity contribution in [1.82, 2.24) is 5.48 Å². The number of unbranched alkanes of at least 4 members (excludes halogenated alkanes) is 8. The van der Waals surface area contributed by atoms with Crippen molar-refractivity contribution in [1.29, 1.82) is 0 Å². The van der Waals surface area contributed by atoms with E-state index in [1.165, 1.54) is 38.5 Å². The van der Waals surface area contributed by atoms with Gasteiger partial charge < -0.3 is 9.68 Å². The van der Waals surface area contributed by atoms with Crippen LogP contribution in [0.15, 0.2) is 0 Å². The van der Waals surface area contributed by atoms with E-state index in [1.54, 1.807) is 0 Å². The summed E-state index contributed by atoms with van der Waals surface area (Å²) in [6, 6.07) is 0. The summed E-state index contributed by atoms with van der Waals surface area (Å²) in [5, 5.41) is 0. The number of nitrogens with two attached hydrogens (primary N) is 1. The molecule has 0 atom stereocenters. The van der Waals surface area contributed by atoms with Gasteiger partial charge in [-0.3, -0.25) is 9.59 Å². The molecule has 0 radical (unpaired) electrons. The standard InChI is InChI=1S/C16H32N2O4/c1-2-3-4-5-6-7-8-11-14-18-22-16(20)13-10-9-12-15(19)21-17/h18H,2-14,17H2,1H3. The molecule has 0 rings (SSSR count). The molecular weight excluding hydrogens is 284 g/mol. The van der Waals surface area contributed by atoms with Gasteiger partial charge in [-0.25, -0.2) is 0 Å². The smallest absolute Gasteiger partial charge is 0.324 e. The quantitative estimate of drug-likeness (QED) is 0.356. The number of nitrogens with one attached hydrogen (secondary N) is 1. The van der Waals surface area contributed by atoms with Gasteiger partial charge in [-0.1, -0.05) is 51.9 Å². The van der Waals surface area contributed by atoms with E-state index in [0.29, 0.717) is 25.8 Å². The lowest BCUT2D eigenvalue weighted by Crippen LogP contribution is -2.21. The van der Waals surface area contributed by atoms with Gasteiger partial charge in [-0.2, -0.15) is 11.4 Å². The first-order valence-electron chi connectivity index (χ1n) is 8.52. The summed E-state index contributed by atoms with van der Waals surface area (Å²) in [5.41, 5.74) is 2.70. The zero-order valence-corrected chi connectivity index (χ0v) is 13.9. The fraction of sp³-hybridized carbons (Fsp3) is 0.875. The Kier molecular flexibility index (Phi) is 15.4. The summed E-state index contributed by atoms with van der Waals surface area (Å²) in [7, 11) is 0. The third-order valence-corrected chi connectivity index (χ3v) is 3.46. The lowest BCUT2D eigenvalue weighted by atomic mass is 10.1.